The molecule has 14 heavy (non-hydrogen) atoms. The van der Waals surface area contributed by atoms with Gasteiger partial charge in [-0.05, 0) is 41.6 Å². The Morgan fingerprint density at radius 3 is 2.86 bits per heavy atom. The molecule has 0 atom stereocenters. The maximum atomic E-state index is 11.1. The van der Waals surface area contributed by atoms with Gasteiger partial charge in [0.05, 0.1) is 4.88 Å². The third kappa shape index (κ3) is 1.75. The predicted molar refractivity (Wildman–Crippen MR) is 58.6 cm³/mol. The molecule has 0 spiro atoms. The van der Waals surface area contributed by atoms with E-state index in [4.69, 9.17) is 0 Å². The van der Waals surface area contributed by atoms with E-state index >= 15 is 0 Å². The van der Waals surface area contributed by atoms with Crippen molar-refractivity contribution in [1.82, 2.24) is 0 Å². The highest BCUT2D eigenvalue weighted by Gasteiger charge is 2.04. The Morgan fingerprint density at radius 1 is 1.43 bits per heavy atom. The number of rotatable bonds is 2. The molecule has 1 aromatic heterocycles. The van der Waals surface area contributed by atoms with Gasteiger partial charge in [-0.2, -0.15) is 0 Å². The minimum Gasteiger partial charge on any atom is -0.294 e. The molecule has 0 N–H and O–H groups in total. The SMILES string of the molecule is CC(=O)c1cc(-c2c[c]ccc2)cs1. The van der Waals surface area contributed by atoms with Crippen LogP contribution in [0.5, 0.6) is 0 Å². The van der Waals surface area contributed by atoms with E-state index in [2.05, 4.69) is 6.07 Å². The highest BCUT2D eigenvalue weighted by Crippen LogP contribution is 2.25. The molecule has 0 saturated carbocycles. The Labute approximate surface area is 87.0 Å². The monoisotopic (exact) mass is 201 g/mol. The standard InChI is InChI=1S/C12H9OS/c1-9(13)12-7-11(8-14-12)10-5-3-2-4-6-10/h2-3,5-8H,1H3. The summed E-state index contributed by atoms with van der Waals surface area (Å²) in [5, 5.41) is 2.00. The molecule has 0 aliphatic carbocycles. The van der Waals surface area contributed by atoms with E-state index in [1.54, 1.807) is 6.92 Å². The molecule has 1 nitrogen and oxygen atoms in total. The molecule has 2 heteroatoms. The molecule has 0 aliphatic rings. The summed E-state index contributed by atoms with van der Waals surface area (Å²) in [6, 6.07) is 12.7. The van der Waals surface area contributed by atoms with Gasteiger partial charge in [-0.25, -0.2) is 0 Å². The average molecular weight is 201 g/mol. The molecular formula is C12H9OS. The summed E-state index contributed by atoms with van der Waals surface area (Å²) in [7, 11) is 0. The van der Waals surface area contributed by atoms with E-state index in [1.807, 2.05) is 35.7 Å². The van der Waals surface area contributed by atoms with Crippen LogP contribution in [0, 0.1) is 6.07 Å². The molecule has 1 heterocycles. The average Bonchev–Trinajstić information content (AvgIpc) is 2.68. The van der Waals surface area contributed by atoms with Crippen molar-refractivity contribution in [3.05, 3.63) is 46.7 Å². The van der Waals surface area contributed by atoms with Crippen LogP contribution in [0.25, 0.3) is 11.1 Å². The van der Waals surface area contributed by atoms with Crippen LogP contribution in [-0.4, -0.2) is 5.78 Å². The normalized spacial score (nSPS) is 10.1. The highest BCUT2D eigenvalue weighted by molar-refractivity contribution is 7.12. The van der Waals surface area contributed by atoms with Crippen LogP contribution >= 0.6 is 11.3 Å². The summed E-state index contributed by atoms with van der Waals surface area (Å²) in [4.78, 5) is 11.9. The quantitative estimate of drug-likeness (QED) is 0.680. The van der Waals surface area contributed by atoms with Crippen LogP contribution in [0.3, 0.4) is 0 Å². The van der Waals surface area contributed by atoms with Gasteiger partial charge in [0, 0.05) is 0 Å². The zero-order chi connectivity index (χ0) is 9.97. The molecular weight excluding hydrogens is 192 g/mol. The maximum Gasteiger partial charge on any atom is 0.169 e. The van der Waals surface area contributed by atoms with Crippen LogP contribution < -0.4 is 0 Å². The number of carbonyl (C=O) groups excluding carboxylic acids is 1. The molecule has 2 rings (SSSR count). The van der Waals surface area contributed by atoms with Gasteiger partial charge >= 0.3 is 0 Å². The molecule has 0 aliphatic heterocycles. The summed E-state index contributed by atoms with van der Waals surface area (Å²) in [6.45, 7) is 1.59. The summed E-state index contributed by atoms with van der Waals surface area (Å²) in [5.41, 5.74) is 2.20. The lowest BCUT2D eigenvalue weighted by Crippen LogP contribution is -1.84. The van der Waals surface area contributed by atoms with E-state index in [1.165, 1.54) is 11.3 Å². The summed E-state index contributed by atoms with van der Waals surface area (Å²) >= 11 is 1.49. The smallest absolute Gasteiger partial charge is 0.169 e. The molecule has 0 saturated heterocycles. The minimum absolute atomic E-state index is 0.126. The van der Waals surface area contributed by atoms with Gasteiger partial charge in [-0.3, -0.25) is 4.79 Å². The van der Waals surface area contributed by atoms with Crippen molar-refractivity contribution in [2.75, 3.05) is 0 Å². The third-order valence-corrected chi connectivity index (χ3v) is 3.02. The molecule has 0 bridgehead atoms. The van der Waals surface area contributed by atoms with Gasteiger partial charge in [0.2, 0.25) is 0 Å². The van der Waals surface area contributed by atoms with Crippen molar-refractivity contribution in [2.24, 2.45) is 0 Å². The number of benzene rings is 1. The first-order valence-electron chi connectivity index (χ1n) is 4.33. The van der Waals surface area contributed by atoms with E-state index in [0.29, 0.717) is 0 Å². The van der Waals surface area contributed by atoms with Crippen molar-refractivity contribution in [3.63, 3.8) is 0 Å². The van der Waals surface area contributed by atoms with Crippen molar-refractivity contribution in [3.8, 4) is 11.1 Å². The van der Waals surface area contributed by atoms with Gasteiger partial charge in [-0.15, -0.1) is 11.3 Å². The second-order valence-electron chi connectivity index (χ2n) is 3.05. The lowest BCUT2D eigenvalue weighted by atomic mass is 10.1. The number of ketones is 1. The number of Topliss-reactive ketones (excluding diaryl/α,β-unsaturated/α-hetero) is 1. The Balaban J connectivity index is 2.39. The van der Waals surface area contributed by atoms with Crippen LogP contribution in [0.4, 0.5) is 0 Å². The number of hydrogen-bond donors (Lipinski definition) is 0. The predicted octanol–water partition coefficient (Wildman–Crippen LogP) is 3.42. The van der Waals surface area contributed by atoms with Crippen molar-refractivity contribution in [1.29, 1.82) is 0 Å². The van der Waals surface area contributed by atoms with E-state index in [0.717, 1.165) is 16.0 Å². The van der Waals surface area contributed by atoms with Crippen molar-refractivity contribution >= 4 is 17.1 Å². The lowest BCUT2D eigenvalue weighted by molar-refractivity contribution is 0.102. The second kappa shape index (κ2) is 3.76. The molecule has 0 fully saturated rings. The van der Waals surface area contributed by atoms with E-state index < -0.39 is 0 Å². The molecule has 0 unspecified atom stereocenters. The van der Waals surface area contributed by atoms with Crippen LogP contribution in [-0.2, 0) is 0 Å². The van der Waals surface area contributed by atoms with Gasteiger partial charge in [0.1, 0.15) is 0 Å². The molecule has 0 amide bonds. The first-order chi connectivity index (χ1) is 6.77. The van der Waals surface area contributed by atoms with Gasteiger partial charge in [0.15, 0.2) is 5.78 Å². The highest BCUT2D eigenvalue weighted by atomic mass is 32.1. The largest absolute Gasteiger partial charge is 0.294 e. The van der Waals surface area contributed by atoms with Crippen molar-refractivity contribution in [2.45, 2.75) is 6.92 Å². The molecule has 69 valence electrons. The van der Waals surface area contributed by atoms with Crippen molar-refractivity contribution < 1.29 is 4.79 Å². The zero-order valence-electron chi connectivity index (χ0n) is 7.78. The Hall–Kier alpha value is -1.41. The fraction of sp³-hybridized carbons (Fsp3) is 0.0833. The Kier molecular flexibility index (Phi) is 2.46. The lowest BCUT2D eigenvalue weighted by Gasteiger charge is -1.94. The van der Waals surface area contributed by atoms with E-state index in [9.17, 15) is 4.79 Å². The van der Waals surface area contributed by atoms with Gasteiger partial charge < -0.3 is 0 Å². The summed E-state index contributed by atoms with van der Waals surface area (Å²) in [5.74, 6) is 0.126. The number of hydrogen-bond acceptors (Lipinski definition) is 2. The summed E-state index contributed by atoms with van der Waals surface area (Å²) < 4.78 is 0. The first kappa shape index (κ1) is 9.16. The number of thiophene rings is 1. The van der Waals surface area contributed by atoms with Crippen LogP contribution in [0.2, 0.25) is 0 Å². The van der Waals surface area contributed by atoms with Gasteiger partial charge in [0.25, 0.3) is 0 Å². The fourth-order valence-corrected chi connectivity index (χ4v) is 2.06. The third-order valence-electron chi connectivity index (χ3n) is 1.99. The fourth-order valence-electron chi connectivity index (χ4n) is 1.25. The van der Waals surface area contributed by atoms with Gasteiger partial charge in [-0.1, -0.05) is 18.2 Å². The summed E-state index contributed by atoms with van der Waals surface area (Å²) in [6.07, 6.45) is 0. The maximum absolute atomic E-state index is 11.1. The second-order valence-corrected chi connectivity index (χ2v) is 3.96. The molecule has 1 radical (unpaired) electrons. The Morgan fingerprint density at radius 2 is 2.29 bits per heavy atom. The molecule has 1 aromatic carbocycles. The minimum atomic E-state index is 0.126. The first-order valence-corrected chi connectivity index (χ1v) is 5.21. The zero-order valence-corrected chi connectivity index (χ0v) is 8.60. The number of carbonyl (C=O) groups is 1. The molecule has 2 aromatic rings. The Bertz CT molecular complexity index is 442. The topological polar surface area (TPSA) is 17.1 Å². The van der Waals surface area contributed by atoms with E-state index in [-0.39, 0.29) is 5.78 Å². The van der Waals surface area contributed by atoms with Crippen LogP contribution in [0.1, 0.15) is 16.6 Å². The van der Waals surface area contributed by atoms with Crippen LogP contribution in [0.15, 0.2) is 35.7 Å².